The molecule has 1 heterocycles. The summed E-state index contributed by atoms with van der Waals surface area (Å²) in [5, 5.41) is 2.78. The second kappa shape index (κ2) is 11.9. The molecular weight excluding hydrogens is 482 g/mol. The van der Waals surface area contributed by atoms with Crippen LogP contribution in [0.4, 0.5) is 5.69 Å². The van der Waals surface area contributed by atoms with Crippen molar-refractivity contribution in [2.45, 2.75) is 6.92 Å². The first-order valence-corrected chi connectivity index (χ1v) is 11.8. The van der Waals surface area contributed by atoms with Crippen molar-refractivity contribution < 1.29 is 23.7 Å². The van der Waals surface area contributed by atoms with Gasteiger partial charge in [-0.15, -0.1) is 0 Å². The van der Waals surface area contributed by atoms with Crippen LogP contribution >= 0.6 is 0 Å². The lowest BCUT2D eigenvalue weighted by atomic mass is 10.1. The molecule has 1 amide bonds. The number of ether oxygens (including phenoxy) is 4. The molecule has 0 atom stereocenters. The van der Waals surface area contributed by atoms with Crippen molar-refractivity contribution in [2.24, 2.45) is 0 Å². The number of rotatable bonds is 9. The molecule has 1 aromatic heterocycles. The van der Waals surface area contributed by atoms with Crippen molar-refractivity contribution in [1.29, 1.82) is 0 Å². The highest BCUT2D eigenvalue weighted by atomic mass is 16.5. The molecule has 0 aliphatic carbocycles. The van der Waals surface area contributed by atoms with E-state index in [1.54, 1.807) is 27.4 Å². The SMILES string of the molecule is COc1ccc(/C=C/c2nc3c(OC)cc(NC(C)=O)c(OC)c3nc2/C=C/c2ccc(OC)cc2)cc1. The summed E-state index contributed by atoms with van der Waals surface area (Å²) in [6.45, 7) is 1.43. The monoisotopic (exact) mass is 511 g/mol. The number of aromatic nitrogens is 2. The molecule has 194 valence electrons. The molecule has 0 aliphatic heterocycles. The van der Waals surface area contributed by atoms with Gasteiger partial charge in [-0.25, -0.2) is 9.97 Å². The van der Waals surface area contributed by atoms with Crippen molar-refractivity contribution in [1.82, 2.24) is 9.97 Å². The molecular formula is C30H29N3O5. The first-order chi connectivity index (χ1) is 18.4. The van der Waals surface area contributed by atoms with Crippen LogP contribution in [0.5, 0.6) is 23.0 Å². The zero-order valence-electron chi connectivity index (χ0n) is 21.9. The van der Waals surface area contributed by atoms with Gasteiger partial charge >= 0.3 is 0 Å². The van der Waals surface area contributed by atoms with Crippen LogP contribution in [0.3, 0.4) is 0 Å². The Labute approximate surface area is 221 Å². The second-order valence-corrected chi connectivity index (χ2v) is 8.25. The van der Waals surface area contributed by atoms with Crippen molar-refractivity contribution in [3.8, 4) is 23.0 Å². The Kier molecular flexibility index (Phi) is 8.23. The first-order valence-electron chi connectivity index (χ1n) is 11.8. The zero-order chi connectivity index (χ0) is 27.1. The van der Waals surface area contributed by atoms with Gasteiger partial charge in [0.05, 0.1) is 45.5 Å². The minimum absolute atomic E-state index is 0.240. The van der Waals surface area contributed by atoms with Crippen molar-refractivity contribution in [3.63, 3.8) is 0 Å². The van der Waals surface area contributed by atoms with Crippen LogP contribution in [0, 0.1) is 0 Å². The Bertz CT molecular complexity index is 1490. The Morgan fingerprint density at radius 1 is 0.684 bits per heavy atom. The van der Waals surface area contributed by atoms with Gasteiger partial charge in [0.1, 0.15) is 28.3 Å². The standard InChI is InChI=1S/C30H29N3O5/c1-19(34)31-26-18-27(37-4)28-29(30(26)38-5)33-25(17-11-21-8-14-23(36-3)15-9-21)24(32-28)16-10-20-6-12-22(35-2)13-7-20/h6-18H,1-5H3,(H,31,34)/b16-10+,17-11+. The van der Waals surface area contributed by atoms with Crippen molar-refractivity contribution in [3.05, 3.63) is 77.1 Å². The number of nitrogens with zero attached hydrogens (tertiary/aromatic N) is 2. The maximum absolute atomic E-state index is 11.8. The fraction of sp³-hybridized carbons (Fsp3) is 0.167. The summed E-state index contributed by atoms with van der Waals surface area (Å²) in [7, 11) is 6.34. The number of amides is 1. The molecule has 0 aliphatic rings. The number of carbonyl (C=O) groups excluding carboxylic acids is 1. The number of nitrogens with one attached hydrogen (secondary N) is 1. The van der Waals surface area contributed by atoms with Crippen LogP contribution in [-0.2, 0) is 4.79 Å². The lowest BCUT2D eigenvalue weighted by Gasteiger charge is -2.15. The van der Waals surface area contributed by atoms with E-state index >= 15 is 0 Å². The molecule has 0 saturated heterocycles. The number of carbonyl (C=O) groups is 1. The topological polar surface area (TPSA) is 91.8 Å². The highest BCUT2D eigenvalue weighted by molar-refractivity contribution is 5.99. The van der Waals surface area contributed by atoms with E-state index in [4.69, 9.17) is 28.9 Å². The Morgan fingerprint density at radius 2 is 1.18 bits per heavy atom. The first kappa shape index (κ1) is 26.2. The summed E-state index contributed by atoms with van der Waals surface area (Å²) in [4.78, 5) is 21.6. The molecule has 4 aromatic rings. The van der Waals surface area contributed by atoms with Crippen LogP contribution in [0.2, 0.25) is 0 Å². The Hall–Kier alpha value is -4.85. The predicted octanol–water partition coefficient (Wildman–Crippen LogP) is 5.96. The summed E-state index contributed by atoms with van der Waals surface area (Å²) in [5.41, 5.74) is 4.60. The van der Waals surface area contributed by atoms with E-state index in [0.29, 0.717) is 39.6 Å². The normalized spacial score (nSPS) is 11.2. The van der Waals surface area contributed by atoms with E-state index < -0.39 is 0 Å². The van der Waals surface area contributed by atoms with Crippen LogP contribution in [-0.4, -0.2) is 44.3 Å². The average Bonchev–Trinajstić information content (AvgIpc) is 2.94. The highest BCUT2D eigenvalue weighted by Gasteiger charge is 2.19. The van der Waals surface area contributed by atoms with Gasteiger partial charge in [-0.2, -0.15) is 0 Å². The molecule has 8 heteroatoms. The van der Waals surface area contributed by atoms with Gasteiger partial charge < -0.3 is 24.3 Å². The van der Waals surface area contributed by atoms with E-state index in [0.717, 1.165) is 22.6 Å². The number of methoxy groups -OCH3 is 4. The molecule has 3 aromatic carbocycles. The van der Waals surface area contributed by atoms with Gasteiger partial charge in [-0.1, -0.05) is 36.4 Å². The number of benzene rings is 3. The summed E-state index contributed by atoms with van der Waals surface area (Å²) in [6, 6.07) is 17.1. The average molecular weight is 512 g/mol. The van der Waals surface area contributed by atoms with Gasteiger partial charge in [0.25, 0.3) is 0 Å². The van der Waals surface area contributed by atoms with E-state index in [9.17, 15) is 4.79 Å². The van der Waals surface area contributed by atoms with E-state index in [-0.39, 0.29) is 5.91 Å². The third kappa shape index (κ3) is 5.92. The lowest BCUT2D eigenvalue weighted by molar-refractivity contribution is -0.114. The minimum atomic E-state index is -0.240. The molecule has 0 spiro atoms. The highest BCUT2D eigenvalue weighted by Crippen LogP contribution is 2.39. The summed E-state index contributed by atoms with van der Waals surface area (Å²) < 4.78 is 21.8. The predicted molar refractivity (Wildman–Crippen MR) is 151 cm³/mol. The number of anilines is 1. The third-order valence-electron chi connectivity index (χ3n) is 5.75. The van der Waals surface area contributed by atoms with Crippen LogP contribution in [0.1, 0.15) is 29.4 Å². The fourth-order valence-electron chi connectivity index (χ4n) is 3.85. The Balaban J connectivity index is 1.87. The molecule has 0 fully saturated rings. The molecule has 0 unspecified atom stereocenters. The van der Waals surface area contributed by atoms with Gasteiger partial charge in [0.2, 0.25) is 5.91 Å². The maximum atomic E-state index is 11.8. The molecule has 0 saturated carbocycles. The van der Waals surface area contributed by atoms with E-state index in [1.807, 2.05) is 72.8 Å². The zero-order valence-corrected chi connectivity index (χ0v) is 21.9. The molecule has 8 nitrogen and oxygen atoms in total. The van der Waals surface area contributed by atoms with Crippen LogP contribution in [0.25, 0.3) is 35.3 Å². The number of fused-ring (bicyclic) bond motifs is 1. The van der Waals surface area contributed by atoms with Crippen LogP contribution < -0.4 is 24.3 Å². The van der Waals surface area contributed by atoms with Crippen LogP contribution in [0.15, 0.2) is 54.6 Å². The van der Waals surface area contributed by atoms with E-state index in [1.165, 1.54) is 14.0 Å². The van der Waals surface area contributed by atoms with Gasteiger partial charge in [0, 0.05) is 13.0 Å². The Morgan fingerprint density at radius 3 is 1.61 bits per heavy atom. The minimum Gasteiger partial charge on any atom is -0.497 e. The summed E-state index contributed by atoms with van der Waals surface area (Å²) in [5.74, 6) is 2.17. The van der Waals surface area contributed by atoms with Gasteiger partial charge in [-0.3, -0.25) is 4.79 Å². The summed E-state index contributed by atoms with van der Waals surface area (Å²) in [6.07, 6.45) is 7.69. The molecule has 4 rings (SSSR count). The molecule has 1 N–H and O–H groups in total. The third-order valence-corrected chi connectivity index (χ3v) is 5.75. The molecule has 38 heavy (non-hydrogen) atoms. The second-order valence-electron chi connectivity index (χ2n) is 8.25. The van der Waals surface area contributed by atoms with Gasteiger partial charge in [-0.05, 0) is 47.5 Å². The van der Waals surface area contributed by atoms with Crippen molar-refractivity contribution in [2.75, 3.05) is 33.8 Å². The smallest absolute Gasteiger partial charge is 0.221 e. The fourth-order valence-corrected chi connectivity index (χ4v) is 3.85. The maximum Gasteiger partial charge on any atom is 0.221 e. The van der Waals surface area contributed by atoms with Crippen molar-refractivity contribution >= 4 is 46.9 Å². The molecule has 0 radical (unpaired) electrons. The molecule has 0 bridgehead atoms. The number of hydrogen-bond acceptors (Lipinski definition) is 7. The summed E-state index contributed by atoms with van der Waals surface area (Å²) >= 11 is 0. The quantitative estimate of drug-likeness (QED) is 0.296. The van der Waals surface area contributed by atoms with Gasteiger partial charge in [0.15, 0.2) is 5.75 Å². The van der Waals surface area contributed by atoms with E-state index in [2.05, 4.69) is 5.32 Å². The largest absolute Gasteiger partial charge is 0.497 e. The lowest BCUT2D eigenvalue weighted by Crippen LogP contribution is -2.09. The number of hydrogen-bond donors (Lipinski definition) is 1.